The molecule has 0 spiro atoms. The van der Waals surface area contributed by atoms with Crippen molar-refractivity contribution in [3.8, 4) is 5.75 Å². The van der Waals surface area contributed by atoms with Crippen LogP contribution in [0.1, 0.15) is 11.4 Å². The average Bonchev–Trinajstić information content (AvgIpc) is 2.70. The lowest BCUT2D eigenvalue weighted by Crippen LogP contribution is -2.19. The first-order chi connectivity index (χ1) is 8.56. The summed E-state index contributed by atoms with van der Waals surface area (Å²) in [5, 5.41) is 9.37. The van der Waals surface area contributed by atoms with E-state index in [0.717, 1.165) is 24.5 Å². The van der Waals surface area contributed by atoms with Gasteiger partial charge in [-0.3, -0.25) is 4.90 Å². The minimum Gasteiger partial charge on any atom is -0.506 e. The van der Waals surface area contributed by atoms with Gasteiger partial charge in [0.15, 0.2) is 0 Å². The monoisotopic (exact) mass is 246 g/mol. The molecule has 0 aliphatic heterocycles. The number of phenolic OH excluding ortho intramolecular Hbond substituents is 1. The molecule has 0 aliphatic rings. The van der Waals surface area contributed by atoms with Gasteiger partial charge in [0, 0.05) is 26.0 Å². The highest BCUT2D eigenvalue weighted by atomic mass is 16.3. The van der Waals surface area contributed by atoms with Crippen LogP contribution in [0.3, 0.4) is 0 Å². The Labute approximate surface area is 106 Å². The lowest BCUT2D eigenvalue weighted by molar-refractivity contribution is 0.307. The number of aryl methyl sites for hydroxylation is 1. The van der Waals surface area contributed by atoms with E-state index in [9.17, 15) is 5.11 Å². The van der Waals surface area contributed by atoms with Gasteiger partial charge < -0.3 is 15.4 Å². The van der Waals surface area contributed by atoms with Gasteiger partial charge in [0.25, 0.3) is 0 Å². The van der Waals surface area contributed by atoms with E-state index in [1.807, 2.05) is 30.9 Å². The molecule has 0 unspecified atom stereocenters. The van der Waals surface area contributed by atoms with Crippen molar-refractivity contribution >= 4 is 5.69 Å². The first-order valence-corrected chi connectivity index (χ1v) is 5.78. The zero-order valence-corrected chi connectivity index (χ0v) is 10.7. The van der Waals surface area contributed by atoms with Crippen molar-refractivity contribution in [3.63, 3.8) is 0 Å². The number of rotatable bonds is 4. The number of aromatic hydroxyl groups is 1. The summed E-state index contributed by atoms with van der Waals surface area (Å²) in [6.07, 6.45) is 3.73. The predicted molar refractivity (Wildman–Crippen MR) is 70.9 cm³/mol. The summed E-state index contributed by atoms with van der Waals surface area (Å²) in [5.74, 6) is 1.15. The summed E-state index contributed by atoms with van der Waals surface area (Å²) in [5.41, 5.74) is 7.16. The Morgan fingerprint density at radius 2 is 2.17 bits per heavy atom. The van der Waals surface area contributed by atoms with Crippen LogP contribution < -0.4 is 5.73 Å². The summed E-state index contributed by atoms with van der Waals surface area (Å²) in [6, 6.07) is 5.30. The second-order valence-corrected chi connectivity index (χ2v) is 4.52. The minimum atomic E-state index is 0.130. The highest BCUT2D eigenvalue weighted by Crippen LogP contribution is 2.21. The molecule has 0 bridgehead atoms. The van der Waals surface area contributed by atoms with E-state index in [1.54, 1.807) is 18.3 Å². The molecule has 5 nitrogen and oxygen atoms in total. The Morgan fingerprint density at radius 3 is 2.78 bits per heavy atom. The van der Waals surface area contributed by atoms with Crippen molar-refractivity contribution in [1.29, 1.82) is 0 Å². The molecule has 1 aromatic carbocycles. The number of phenols is 1. The molecule has 5 heteroatoms. The first-order valence-electron chi connectivity index (χ1n) is 5.78. The van der Waals surface area contributed by atoms with E-state index in [-0.39, 0.29) is 5.75 Å². The van der Waals surface area contributed by atoms with Gasteiger partial charge in [0.2, 0.25) is 0 Å². The molecule has 1 aromatic heterocycles. The molecule has 96 valence electrons. The van der Waals surface area contributed by atoms with Crippen molar-refractivity contribution in [2.45, 2.75) is 13.1 Å². The number of imidazole rings is 1. The maximum absolute atomic E-state index is 9.37. The van der Waals surface area contributed by atoms with Gasteiger partial charge in [0.1, 0.15) is 11.6 Å². The van der Waals surface area contributed by atoms with Gasteiger partial charge in [-0.1, -0.05) is 6.07 Å². The zero-order valence-electron chi connectivity index (χ0n) is 10.7. The van der Waals surface area contributed by atoms with Gasteiger partial charge in [0.05, 0.1) is 12.2 Å². The summed E-state index contributed by atoms with van der Waals surface area (Å²) < 4.78 is 2.00. The molecule has 2 rings (SSSR count). The zero-order chi connectivity index (χ0) is 13.1. The molecule has 0 fully saturated rings. The van der Waals surface area contributed by atoms with Crippen molar-refractivity contribution in [1.82, 2.24) is 14.5 Å². The molecule has 0 atom stereocenters. The summed E-state index contributed by atoms with van der Waals surface area (Å²) in [4.78, 5) is 6.43. The van der Waals surface area contributed by atoms with Crippen LogP contribution in [0.15, 0.2) is 30.6 Å². The van der Waals surface area contributed by atoms with Crippen LogP contribution in [0.4, 0.5) is 5.69 Å². The number of hydrogen-bond acceptors (Lipinski definition) is 4. The van der Waals surface area contributed by atoms with Crippen molar-refractivity contribution in [2.24, 2.45) is 7.05 Å². The van der Waals surface area contributed by atoms with Gasteiger partial charge in [-0.2, -0.15) is 0 Å². The summed E-state index contributed by atoms with van der Waals surface area (Å²) >= 11 is 0. The van der Waals surface area contributed by atoms with Crippen LogP contribution in [-0.4, -0.2) is 26.6 Å². The smallest absolute Gasteiger partial charge is 0.138 e. The number of anilines is 1. The Morgan fingerprint density at radius 1 is 1.39 bits per heavy atom. The van der Waals surface area contributed by atoms with E-state index < -0.39 is 0 Å². The molecule has 0 radical (unpaired) electrons. The Kier molecular flexibility index (Phi) is 3.53. The number of nitrogen functional groups attached to an aromatic ring is 1. The largest absolute Gasteiger partial charge is 0.506 e. The Hall–Kier alpha value is -2.01. The highest BCUT2D eigenvalue weighted by molar-refractivity contribution is 5.53. The van der Waals surface area contributed by atoms with Crippen LogP contribution in [0.25, 0.3) is 0 Å². The topological polar surface area (TPSA) is 67.3 Å². The maximum Gasteiger partial charge on any atom is 0.138 e. The van der Waals surface area contributed by atoms with Crippen LogP contribution in [-0.2, 0) is 20.1 Å². The van der Waals surface area contributed by atoms with Crippen LogP contribution in [0, 0.1) is 0 Å². The van der Waals surface area contributed by atoms with Gasteiger partial charge >= 0.3 is 0 Å². The van der Waals surface area contributed by atoms with Gasteiger partial charge in [-0.25, -0.2) is 4.98 Å². The maximum atomic E-state index is 9.37. The third-order valence-corrected chi connectivity index (χ3v) is 2.88. The molecular formula is C13H18N4O. The van der Waals surface area contributed by atoms with E-state index in [2.05, 4.69) is 9.88 Å². The standard InChI is InChI=1S/C13H18N4O/c1-16(9-13-15-5-6-17(13)2)8-10-3-4-12(18)11(14)7-10/h3-7,18H,8-9,14H2,1-2H3. The number of hydrogen-bond donors (Lipinski definition) is 2. The first kappa shape index (κ1) is 12.4. The highest BCUT2D eigenvalue weighted by Gasteiger charge is 2.06. The lowest BCUT2D eigenvalue weighted by Gasteiger charge is -2.16. The second kappa shape index (κ2) is 5.10. The average molecular weight is 246 g/mol. The van der Waals surface area contributed by atoms with E-state index in [0.29, 0.717) is 5.69 Å². The molecular weight excluding hydrogens is 228 g/mol. The predicted octanol–water partition coefficient (Wildman–Crippen LogP) is 1.34. The van der Waals surface area contributed by atoms with Crippen LogP contribution >= 0.6 is 0 Å². The fourth-order valence-electron chi connectivity index (χ4n) is 1.86. The van der Waals surface area contributed by atoms with Gasteiger partial charge in [-0.05, 0) is 24.7 Å². The molecule has 0 amide bonds. The molecule has 0 saturated heterocycles. The number of nitrogens with zero attached hydrogens (tertiary/aromatic N) is 3. The third-order valence-electron chi connectivity index (χ3n) is 2.88. The van der Waals surface area contributed by atoms with Gasteiger partial charge in [-0.15, -0.1) is 0 Å². The van der Waals surface area contributed by atoms with Crippen LogP contribution in [0.5, 0.6) is 5.75 Å². The minimum absolute atomic E-state index is 0.130. The van der Waals surface area contributed by atoms with Crippen LogP contribution in [0.2, 0.25) is 0 Å². The van der Waals surface area contributed by atoms with Crippen molar-refractivity contribution in [2.75, 3.05) is 12.8 Å². The number of nitrogens with two attached hydrogens (primary N) is 1. The quantitative estimate of drug-likeness (QED) is 0.631. The van der Waals surface area contributed by atoms with E-state index >= 15 is 0 Å². The van der Waals surface area contributed by atoms with Crippen molar-refractivity contribution < 1.29 is 5.11 Å². The number of aromatic nitrogens is 2. The molecule has 2 aromatic rings. The SMILES string of the molecule is CN(Cc1ccc(O)c(N)c1)Cc1nccn1C. The summed E-state index contributed by atoms with van der Waals surface area (Å²) in [7, 11) is 4.01. The Bertz CT molecular complexity index is 536. The van der Waals surface area contributed by atoms with Crippen molar-refractivity contribution in [3.05, 3.63) is 42.0 Å². The second-order valence-electron chi connectivity index (χ2n) is 4.52. The molecule has 1 heterocycles. The lowest BCUT2D eigenvalue weighted by atomic mass is 10.2. The molecule has 18 heavy (non-hydrogen) atoms. The molecule has 3 N–H and O–H groups in total. The molecule has 0 saturated carbocycles. The van der Waals surface area contributed by atoms with E-state index in [4.69, 9.17) is 5.73 Å². The third kappa shape index (κ3) is 2.81. The fourth-order valence-corrected chi connectivity index (χ4v) is 1.86. The normalized spacial score (nSPS) is 11.1. The summed E-state index contributed by atoms with van der Waals surface area (Å²) in [6.45, 7) is 1.53. The van der Waals surface area contributed by atoms with E-state index in [1.165, 1.54) is 0 Å². The Balaban J connectivity index is 2.01. The molecule has 0 aliphatic carbocycles. The fraction of sp³-hybridized carbons (Fsp3) is 0.308. The number of benzene rings is 1.